The third-order valence-electron chi connectivity index (χ3n) is 8.01. The lowest BCUT2D eigenvalue weighted by Gasteiger charge is -2.33. The number of nitrogens with one attached hydrogen (secondary N) is 2. The molecule has 3 aromatic carbocycles. The van der Waals surface area contributed by atoms with Crippen molar-refractivity contribution in [3.05, 3.63) is 89.2 Å². The summed E-state index contributed by atoms with van der Waals surface area (Å²) in [6.45, 7) is 3.36. The third-order valence-corrected chi connectivity index (χ3v) is 9.25. The van der Waals surface area contributed by atoms with Crippen LogP contribution in [0.4, 0.5) is 10.1 Å². The minimum absolute atomic E-state index is 0.0237. The van der Waals surface area contributed by atoms with Crippen LogP contribution in [-0.2, 0) is 9.59 Å². The number of ether oxygens (including phenoxy) is 1. The Morgan fingerprint density at radius 2 is 1.86 bits per heavy atom. The van der Waals surface area contributed by atoms with Crippen LogP contribution in [0.25, 0.3) is 0 Å². The summed E-state index contributed by atoms with van der Waals surface area (Å²) in [6, 6.07) is 21.2. The number of rotatable bonds is 9. The molecule has 0 saturated carbocycles. The molecule has 1 fully saturated rings. The first kappa shape index (κ1) is 31.0. The summed E-state index contributed by atoms with van der Waals surface area (Å²) >= 11 is 7.60. The Kier molecular flexibility index (Phi) is 10.4. The number of anilines is 1. The van der Waals surface area contributed by atoms with E-state index in [4.69, 9.17) is 21.4 Å². The van der Waals surface area contributed by atoms with Gasteiger partial charge >= 0.3 is 0 Å². The number of benzene rings is 3. The summed E-state index contributed by atoms with van der Waals surface area (Å²) in [4.78, 5) is 28.1. The molecular formula is C33H36ClFN4O3S. The van der Waals surface area contributed by atoms with Gasteiger partial charge in [-0.15, -0.1) is 0 Å². The number of carbonyl (C=O) groups excluding carboxylic acids is 2. The van der Waals surface area contributed by atoms with Crippen LogP contribution in [-0.4, -0.2) is 43.1 Å². The van der Waals surface area contributed by atoms with Crippen LogP contribution >= 0.6 is 23.4 Å². The van der Waals surface area contributed by atoms with Gasteiger partial charge in [-0.1, -0.05) is 35.5 Å². The smallest absolute Gasteiger partial charge is 0.250 e. The zero-order chi connectivity index (χ0) is 30.3. The van der Waals surface area contributed by atoms with Crippen molar-refractivity contribution in [1.82, 2.24) is 10.6 Å². The van der Waals surface area contributed by atoms with Crippen LogP contribution in [0, 0.1) is 17.7 Å². The molecular weight excluding hydrogens is 587 g/mol. The molecule has 0 spiro atoms. The first-order valence-electron chi connectivity index (χ1n) is 14.6. The maximum absolute atomic E-state index is 13.7. The fraction of sp³-hybridized carbons (Fsp3) is 0.364. The van der Waals surface area contributed by atoms with E-state index in [0.29, 0.717) is 42.3 Å². The Bertz CT molecular complexity index is 1440. The maximum Gasteiger partial charge on any atom is 0.250 e. The zero-order valence-corrected chi connectivity index (χ0v) is 25.8. The van der Waals surface area contributed by atoms with Gasteiger partial charge in [0.2, 0.25) is 5.91 Å². The molecule has 2 aliphatic rings. The van der Waals surface area contributed by atoms with Crippen molar-refractivity contribution in [3.8, 4) is 5.75 Å². The van der Waals surface area contributed by atoms with E-state index < -0.39 is 0 Å². The van der Waals surface area contributed by atoms with Crippen LogP contribution in [0.2, 0.25) is 5.02 Å². The maximum atomic E-state index is 13.7. The van der Waals surface area contributed by atoms with Gasteiger partial charge < -0.3 is 15.4 Å². The molecule has 3 aromatic rings. The molecule has 1 saturated heterocycles. The van der Waals surface area contributed by atoms with Crippen LogP contribution in [0.3, 0.4) is 0 Å². The number of halogens is 2. The van der Waals surface area contributed by atoms with Crippen molar-refractivity contribution in [3.63, 3.8) is 0 Å². The van der Waals surface area contributed by atoms with Crippen LogP contribution in [0.1, 0.15) is 44.1 Å². The highest BCUT2D eigenvalue weighted by Gasteiger charge is 2.34. The Morgan fingerprint density at radius 1 is 1.14 bits per heavy atom. The average molecular weight is 623 g/mol. The molecule has 2 N–H and O–H groups in total. The first-order chi connectivity index (χ1) is 20.8. The van der Waals surface area contributed by atoms with E-state index >= 15 is 0 Å². The Morgan fingerprint density at radius 3 is 2.56 bits per heavy atom. The van der Waals surface area contributed by atoms with Crippen LogP contribution < -0.4 is 20.4 Å². The van der Waals surface area contributed by atoms with Crippen LogP contribution in [0.5, 0.6) is 5.75 Å². The molecule has 2 aliphatic heterocycles. The van der Waals surface area contributed by atoms with Crippen molar-refractivity contribution in [2.24, 2.45) is 16.9 Å². The van der Waals surface area contributed by atoms with Crippen molar-refractivity contribution >= 4 is 45.9 Å². The largest absolute Gasteiger partial charge is 0.497 e. The quantitative estimate of drug-likeness (QED) is 0.280. The van der Waals surface area contributed by atoms with Crippen molar-refractivity contribution in [2.45, 2.75) is 49.5 Å². The van der Waals surface area contributed by atoms with E-state index in [1.165, 1.54) is 28.9 Å². The Balaban J connectivity index is 1.25. The molecule has 4 atom stereocenters. The lowest BCUT2D eigenvalue weighted by Crippen LogP contribution is -2.47. The molecule has 10 heteroatoms. The number of piperidine rings is 1. The predicted molar refractivity (Wildman–Crippen MR) is 170 cm³/mol. The van der Waals surface area contributed by atoms with Gasteiger partial charge in [0, 0.05) is 34.8 Å². The van der Waals surface area contributed by atoms with Gasteiger partial charge in [-0.3, -0.25) is 9.59 Å². The third kappa shape index (κ3) is 7.96. The SMILES string of the molecule is COc1ccc(N2N=C(Sc3ccc(Cl)cc3)CC(CCC(C)NC(=O)[C@H]3CNCC[C@@H]3c3ccc(F)cc3)C2=O)cc1. The highest BCUT2D eigenvalue weighted by Crippen LogP contribution is 2.34. The number of thioether (sulfide) groups is 1. The summed E-state index contributed by atoms with van der Waals surface area (Å²) in [5.74, 6) is -0.203. The number of carbonyl (C=O) groups is 2. The molecule has 5 rings (SSSR count). The summed E-state index contributed by atoms with van der Waals surface area (Å²) in [7, 11) is 1.60. The van der Waals surface area contributed by atoms with Gasteiger partial charge in [0.15, 0.2) is 0 Å². The van der Waals surface area contributed by atoms with Gasteiger partial charge in [-0.05, 0) is 105 Å². The minimum Gasteiger partial charge on any atom is -0.497 e. The fourth-order valence-electron chi connectivity index (χ4n) is 5.62. The normalized spacial score (nSPS) is 21.2. The highest BCUT2D eigenvalue weighted by molar-refractivity contribution is 8.14. The van der Waals surface area contributed by atoms with Crippen molar-refractivity contribution < 1.29 is 18.7 Å². The fourth-order valence-corrected chi connectivity index (χ4v) is 6.70. The van der Waals surface area contributed by atoms with Gasteiger partial charge in [0.25, 0.3) is 5.91 Å². The van der Waals surface area contributed by atoms with E-state index in [1.54, 1.807) is 19.2 Å². The summed E-state index contributed by atoms with van der Waals surface area (Å²) < 4.78 is 18.8. The molecule has 2 heterocycles. The van der Waals surface area contributed by atoms with E-state index in [2.05, 4.69) is 10.6 Å². The summed E-state index contributed by atoms with van der Waals surface area (Å²) in [5.41, 5.74) is 1.65. The van der Waals surface area contributed by atoms with Crippen LogP contribution in [0.15, 0.2) is 82.8 Å². The van der Waals surface area contributed by atoms with E-state index in [-0.39, 0.29) is 41.4 Å². The molecule has 0 bridgehead atoms. The number of hydrazone groups is 1. The number of methoxy groups -OCH3 is 1. The molecule has 0 aromatic heterocycles. The monoisotopic (exact) mass is 622 g/mol. The van der Waals surface area contributed by atoms with Crippen molar-refractivity contribution in [2.75, 3.05) is 25.2 Å². The minimum atomic E-state index is -0.294. The zero-order valence-electron chi connectivity index (χ0n) is 24.3. The number of nitrogens with zero attached hydrogens (tertiary/aromatic N) is 2. The van der Waals surface area contributed by atoms with Gasteiger partial charge in [0.1, 0.15) is 11.6 Å². The first-order valence-corrected chi connectivity index (χ1v) is 15.8. The topological polar surface area (TPSA) is 83.0 Å². The lowest BCUT2D eigenvalue weighted by atomic mass is 9.80. The number of amides is 2. The summed E-state index contributed by atoms with van der Waals surface area (Å²) in [6.07, 6.45) is 2.55. The second kappa shape index (κ2) is 14.4. The van der Waals surface area contributed by atoms with Gasteiger partial charge in [-0.2, -0.15) is 10.1 Å². The second-order valence-corrected chi connectivity index (χ2v) is 12.6. The molecule has 7 nitrogen and oxygen atoms in total. The molecule has 0 radical (unpaired) electrons. The predicted octanol–water partition coefficient (Wildman–Crippen LogP) is 6.62. The van der Waals surface area contributed by atoms with E-state index in [9.17, 15) is 14.0 Å². The Labute approximate surface area is 261 Å². The average Bonchev–Trinajstić information content (AvgIpc) is 3.02. The Hall–Kier alpha value is -3.40. The number of hydrogen-bond donors (Lipinski definition) is 2. The molecule has 226 valence electrons. The van der Waals surface area contributed by atoms with Gasteiger partial charge in [0.05, 0.1) is 23.8 Å². The van der Waals surface area contributed by atoms with E-state index in [0.717, 1.165) is 28.5 Å². The highest BCUT2D eigenvalue weighted by atomic mass is 35.5. The number of hydrogen-bond acceptors (Lipinski definition) is 6. The lowest BCUT2D eigenvalue weighted by molar-refractivity contribution is -0.126. The molecule has 2 unspecified atom stereocenters. The molecule has 2 amide bonds. The standard InChI is InChI=1S/C33H36ClFN4O3S/c1-21(37-32(40)30-20-36-18-17-29(30)22-5-9-25(35)10-6-22)3-4-23-19-31(43-28-15-7-24(34)8-16-28)38-39(33(23)41)26-11-13-27(42-2)14-12-26/h5-16,21,23,29-30,36H,3-4,17-20H2,1-2H3,(H,37,40)/t21?,23?,29-,30+/m1/s1. The van der Waals surface area contributed by atoms with E-state index in [1.807, 2.05) is 55.5 Å². The van der Waals surface area contributed by atoms with Gasteiger partial charge in [-0.25, -0.2) is 4.39 Å². The molecule has 43 heavy (non-hydrogen) atoms. The van der Waals surface area contributed by atoms with Crippen molar-refractivity contribution in [1.29, 1.82) is 0 Å². The second-order valence-electron chi connectivity index (χ2n) is 11.0. The summed E-state index contributed by atoms with van der Waals surface area (Å²) in [5, 5.41) is 14.2. The molecule has 0 aliphatic carbocycles.